The fourth-order valence-corrected chi connectivity index (χ4v) is 5.63. The number of benzene rings is 6. The topological polar surface area (TPSA) is 12.9 Å². The summed E-state index contributed by atoms with van der Waals surface area (Å²) in [6.45, 7) is 2.16. The van der Waals surface area contributed by atoms with Crippen molar-refractivity contribution in [3.8, 4) is 33.4 Å². The summed E-state index contributed by atoms with van der Waals surface area (Å²) in [6.07, 6.45) is 3.73. The molecule has 1 heteroatoms. The zero-order valence-electron chi connectivity index (χ0n) is 20.6. The average Bonchev–Trinajstić information content (AvgIpc) is 2.96. The Bertz CT molecular complexity index is 1860. The second kappa shape index (κ2) is 8.72. The van der Waals surface area contributed by atoms with Gasteiger partial charge in [-0.15, -0.1) is 0 Å². The van der Waals surface area contributed by atoms with Crippen molar-refractivity contribution in [2.24, 2.45) is 0 Å². The molecular formula is C36H25N. The van der Waals surface area contributed by atoms with Gasteiger partial charge in [0.2, 0.25) is 0 Å². The van der Waals surface area contributed by atoms with E-state index in [2.05, 4.69) is 127 Å². The Morgan fingerprint density at radius 1 is 0.432 bits per heavy atom. The molecule has 0 aliphatic heterocycles. The van der Waals surface area contributed by atoms with Crippen LogP contribution in [0.2, 0.25) is 0 Å². The molecule has 0 saturated heterocycles. The molecule has 0 radical (unpaired) electrons. The molecule has 0 atom stereocenters. The highest BCUT2D eigenvalue weighted by Crippen LogP contribution is 2.44. The van der Waals surface area contributed by atoms with Crippen molar-refractivity contribution < 1.29 is 0 Å². The molecule has 37 heavy (non-hydrogen) atoms. The third-order valence-corrected chi connectivity index (χ3v) is 7.38. The molecule has 0 spiro atoms. The van der Waals surface area contributed by atoms with E-state index >= 15 is 0 Å². The maximum Gasteiger partial charge on any atom is 0.0346 e. The molecule has 0 saturated carbocycles. The Kier molecular flexibility index (Phi) is 5.08. The number of hydrogen-bond acceptors (Lipinski definition) is 1. The zero-order valence-corrected chi connectivity index (χ0v) is 20.6. The molecule has 0 N–H and O–H groups in total. The van der Waals surface area contributed by atoms with Crippen LogP contribution in [0.15, 0.2) is 134 Å². The van der Waals surface area contributed by atoms with Gasteiger partial charge in [-0.1, -0.05) is 115 Å². The van der Waals surface area contributed by atoms with Crippen molar-refractivity contribution in [1.29, 1.82) is 0 Å². The minimum Gasteiger partial charge on any atom is -0.264 e. The minimum absolute atomic E-state index is 1.13. The van der Waals surface area contributed by atoms with Crippen LogP contribution >= 0.6 is 0 Å². The van der Waals surface area contributed by atoms with Crippen molar-refractivity contribution in [2.75, 3.05) is 0 Å². The van der Waals surface area contributed by atoms with Gasteiger partial charge in [0.25, 0.3) is 0 Å². The normalized spacial score (nSPS) is 11.4. The Labute approximate surface area is 216 Å². The molecule has 1 nitrogen and oxygen atoms in total. The predicted octanol–water partition coefficient (Wildman–Crippen LogP) is 9.85. The van der Waals surface area contributed by atoms with Gasteiger partial charge < -0.3 is 0 Å². The Morgan fingerprint density at radius 2 is 1.00 bits per heavy atom. The number of aryl methyl sites for hydroxylation is 1. The second-order valence-electron chi connectivity index (χ2n) is 9.73. The summed E-state index contributed by atoms with van der Waals surface area (Å²) < 4.78 is 0. The van der Waals surface area contributed by atoms with Crippen molar-refractivity contribution >= 4 is 32.3 Å². The highest BCUT2D eigenvalue weighted by Gasteiger charge is 2.16. The van der Waals surface area contributed by atoms with E-state index in [1.54, 1.807) is 0 Å². The average molecular weight is 472 g/mol. The lowest BCUT2D eigenvalue weighted by Crippen LogP contribution is -1.91. The number of aromatic nitrogens is 1. The van der Waals surface area contributed by atoms with Gasteiger partial charge in [-0.2, -0.15) is 0 Å². The van der Waals surface area contributed by atoms with Crippen LogP contribution in [0, 0.1) is 6.92 Å². The van der Waals surface area contributed by atoms with E-state index in [4.69, 9.17) is 0 Å². The number of nitrogens with zero attached hydrogens (tertiary/aromatic N) is 1. The first kappa shape index (κ1) is 21.5. The van der Waals surface area contributed by atoms with Crippen LogP contribution in [-0.4, -0.2) is 4.98 Å². The monoisotopic (exact) mass is 471 g/mol. The molecule has 0 amide bonds. The molecule has 6 aromatic carbocycles. The standard InChI is InChI=1S/C36H25N/c1-24-12-13-26-16-19-28(22-30(26)21-24)36-33-10-4-2-8-31(33)35(32-9-3-5-11-34(32)36)27-17-14-25(15-18-27)29-7-6-20-37-23-29/h2-23H,1H3. The van der Waals surface area contributed by atoms with Crippen molar-refractivity contribution in [1.82, 2.24) is 4.98 Å². The van der Waals surface area contributed by atoms with Crippen LogP contribution in [0.3, 0.4) is 0 Å². The molecule has 0 unspecified atom stereocenters. The lowest BCUT2D eigenvalue weighted by atomic mass is 9.85. The van der Waals surface area contributed by atoms with Gasteiger partial charge in [0, 0.05) is 12.4 Å². The number of pyridine rings is 1. The molecule has 0 bridgehead atoms. The molecule has 1 heterocycles. The van der Waals surface area contributed by atoms with Crippen LogP contribution in [0.25, 0.3) is 65.7 Å². The molecule has 0 fully saturated rings. The van der Waals surface area contributed by atoms with E-state index < -0.39 is 0 Å². The maximum atomic E-state index is 4.29. The molecule has 1 aromatic heterocycles. The first-order valence-corrected chi connectivity index (χ1v) is 12.7. The molecule has 0 aliphatic carbocycles. The van der Waals surface area contributed by atoms with Gasteiger partial charge in [-0.3, -0.25) is 4.98 Å². The molecule has 174 valence electrons. The predicted molar refractivity (Wildman–Crippen MR) is 158 cm³/mol. The first-order valence-electron chi connectivity index (χ1n) is 12.7. The lowest BCUT2D eigenvalue weighted by molar-refractivity contribution is 1.33. The van der Waals surface area contributed by atoms with E-state index in [-0.39, 0.29) is 0 Å². The Balaban J connectivity index is 1.50. The Morgan fingerprint density at radius 3 is 1.62 bits per heavy atom. The van der Waals surface area contributed by atoms with Gasteiger partial charge in [0.1, 0.15) is 0 Å². The number of fused-ring (bicyclic) bond motifs is 3. The van der Waals surface area contributed by atoms with Gasteiger partial charge in [0.05, 0.1) is 0 Å². The third-order valence-electron chi connectivity index (χ3n) is 7.38. The summed E-state index contributed by atoms with van der Waals surface area (Å²) in [5, 5.41) is 7.65. The molecule has 7 aromatic rings. The smallest absolute Gasteiger partial charge is 0.0346 e. The third kappa shape index (κ3) is 3.68. The number of hydrogen-bond donors (Lipinski definition) is 0. The highest BCUT2D eigenvalue weighted by molar-refractivity contribution is 6.21. The minimum atomic E-state index is 1.13. The fraction of sp³-hybridized carbons (Fsp3) is 0.0278. The van der Waals surface area contributed by atoms with E-state index in [1.165, 1.54) is 65.7 Å². The van der Waals surface area contributed by atoms with Crippen LogP contribution in [0.1, 0.15) is 5.56 Å². The van der Waals surface area contributed by atoms with Gasteiger partial charge in [0.15, 0.2) is 0 Å². The van der Waals surface area contributed by atoms with Crippen molar-refractivity contribution in [3.05, 3.63) is 139 Å². The lowest BCUT2D eigenvalue weighted by Gasteiger charge is -2.18. The first-order chi connectivity index (χ1) is 18.3. The van der Waals surface area contributed by atoms with Crippen LogP contribution in [0.4, 0.5) is 0 Å². The summed E-state index contributed by atoms with van der Waals surface area (Å²) in [5.41, 5.74) is 8.64. The summed E-state index contributed by atoms with van der Waals surface area (Å²) in [7, 11) is 0. The SMILES string of the molecule is Cc1ccc2ccc(-c3c4ccccc4c(-c4ccc(-c5cccnc5)cc4)c4ccccc34)cc2c1. The van der Waals surface area contributed by atoms with Crippen LogP contribution in [0.5, 0.6) is 0 Å². The van der Waals surface area contributed by atoms with Crippen LogP contribution in [-0.2, 0) is 0 Å². The second-order valence-corrected chi connectivity index (χ2v) is 9.73. The van der Waals surface area contributed by atoms with Gasteiger partial charge in [-0.05, 0) is 84.8 Å². The van der Waals surface area contributed by atoms with Crippen molar-refractivity contribution in [3.63, 3.8) is 0 Å². The summed E-state index contributed by atoms with van der Waals surface area (Å²) in [4.78, 5) is 4.29. The maximum absolute atomic E-state index is 4.29. The van der Waals surface area contributed by atoms with E-state index in [1.807, 2.05) is 18.5 Å². The summed E-state index contributed by atoms with van der Waals surface area (Å²) in [6, 6.07) is 44.2. The van der Waals surface area contributed by atoms with Crippen LogP contribution < -0.4 is 0 Å². The van der Waals surface area contributed by atoms with Gasteiger partial charge >= 0.3 is 0 Å². The largest absolute Gasteiger partial charge is 0.264 e. The summed E-state index contributed by atoms with van der Waals surface area (Å²) >= 11 is 0. The molecule has 7 rings (SSSR count). The van der Waals surface area contributed by atoms with E-state index in [9.17, 15) is 0 Å². The highest BCUT2D eigenvalue weighted by atomic mass is 14.6. The van der Waals surface area contributed by atoms with E-state index in [0.717, 1.165) is 5.56 Å². The molecule has 0 aliphatic rings. The zero-order chi connectivity index (χ0) is 24.8. The van der Waals surface area contributed by atoms with Gasteiger partial charge in [-0.25, -0.2) is 0 Å². The summed E-state index contributed by atoms with van der Waals surface area (Å²) in [5.74, 6) is 0. The fourth-order valence-electron chi connectivity index (χ4n) is 5.63. The quantitative estimate of drug-likeness (QED) is 0.234. The van der Waals surface area contributed by atoms with E-state index in [0.29, 0.717) is 0 Å². The van der Waals surface area contributed by atoms with Crippen molar-refractivity contribution in [2.45, 2.75) is 6.92 Å². The Hall–Kier alpha value is -4.75. The number of rotatable bonds is 3. The molecular weight excluding hydrogens is 446 g/mol.